The average molecular weight is 369 g/mol. The molecular weight excluding hydrogens is 340 g/mol. The Morgan fingerprint density at radius 2 is 1.14 bits per heavy atom. The van der Waals surface area contributed by atoms with Gasteiger partial charge >= 0.3 is 0 Å². The zero-order valence-electron chi connectivity index (χ0n) is 16.8. The Hall–Kier alpha value is -2.74. The molecule has 0 aliphatic carbocycles. The minimum absolute atomic E-state index is 0.00778. The van der Waals surface area contributed by atoms with E-state index in [4.69, 9.17) is 5.73 Å². The van der Waals surface area contributed by atoms with Crippen molar-refractivity contribution in [2.75, 3.05) is 23.7 Å². The van der Waals surface area contributed by atoms with E-state index in [1.54, 1.807) is 0 Å². The molecule has 0 spiro atoms. The molecule has 0 saturated heterocycles. The first-order valence-electron chi connectivity index (χ1n) is 10.3. The summed E-state index contributed by atoms with van der Waals surface area (Å²) >= 11 is 0. The van der Waals surface area contributed by atoms with E-state index < -0.39 is 0 Å². The molecule has 0 unspecified atom stereocenters. The van der Waals surface area contributed by atoms with E-state index in [0.29, 0.717) is 0 Å². The first-order chi connectivity index (χ1) is 13.5. The third kappa shape index (κ3) is 2.40. The van der Waals surface area contributed by atoms with E-state index in [0.717, 1.165) is 31.6 Å². The molecular formula is C26H28N2. The SMILES string of the molecule is C[C@@]1(c2ccccc2)CCN2CC[C@](C)(c3ccccc3)c3cc(N)cc1c32. The van der Waals surface area contributed by atoms with Crippen molar-refractivity contribution in [1.29, 1.82) is 0 Å². The second-order valence-corrected chi connectivity index (χ2v) is 8.85. The van der Waals surface area contributed by atoms with Gasteiger partial charge in [0.25, 0.3) is 0 Å². The highest BCUT2D eigenvalue weighted by Crippen LogP contribution is 2.53. The molecule has 142 valence electrons. The molecule has 3 aromatic rings. The number of rotatable bonds is 2. The normalized spacial score (nSPS) is 26.0. The molecule has 2 atom stereocenters. The van der Waals surface area contributed by atoms with Crippen LogP contribution in [0.2, 0.25) is 0 Å². The van der Waals surface area contributed by atoms with Crippen LogP contribution in [-0.4, -0.2) is 13.1 Å². The van der Waals surface area contributed by atoms with Crippen LogP contribution in [-0.2, 0) is 10.8 Å². The van der Waals surface area contributed by atoms with Gasteiger partial charge in [0.1, 0.15) is 0 Å². The van der Waals surface area contributed by atoms with Gasteiger partial charge in [-0.05, 0) is 47.2 Å². The fourth-order valence-electron chi connectivity index (χ4n) is 5.37. The van der Waals surface area contributed by atoms with Crippen LogP contribution in [0.1, 0.15) is 48.9 Å². The van der Waals surface area contributed by atoms with Crippen LogP contribution in [0.3, 0.4) is 0 Å². The lowest BCUT2D eigenvalue weighted by molar-refractivity contribution is 0.433. The molecule has 0 amide bonds. The van der Waals surface area contributed by atoms with Crippen LogP contribution >= 0.6 is 0 Å². The maximum atomic E-state index is 6.51. The van der Waals surface area contributed by atoms with E-state index in [-0.39, 0.29) is 10.8 Å². The molecule has 0 bridgehead atoms. The van der Waals surface area contributed by atoms with Crippen molar-refractivity contribution < 1.29 is 0 Å². The summed E-state index contributed by atoms with van der Waals surface area (Å²) < 4.78 is 0. The van der Waals surface area contributed by atoms with Crippen molar-refractivity contribution >= 4 is 11.4 Å². The predicted molar refractivity (Wildman–Crippen MR) is 118 cm³/mol. The zero-order chi connectivity index (χ0) is 19.4. The Morgan fingerprint density at radius 3 is 1.57 bits per heavy atom. The van der Waals surface area contributed by atoms with E-state index in [1.807, 2.05) is 0 Å². The van der Waals surface area contributed by atoms with E-state index in [1.165, 1.54) is 27.9 Å². The molecule has 28 heavy (non-hydrogen) atoms. The topological polar surface area (TPSA) is 29.3 Å². The number of nitrogens with zero attached hydrogens (tertiary/aromatic N) is 1. The number of benzene rings is 3. The van der Waals surface area contributed by atoms with Crippen LogP contribution in [0, 0.1) is 0 Å². The Labute approximate surface area is 168 Å². The van der Waals surface area contributed by atoms with Crippen LogP contribution in [0.4, 0.5) is 11.4 Å². The Morgan fingerprint density at radius 1 is 0.714 bits per heavy atom. The summed E-state index contributed by atoms with van der Waals surface area (Å²) in [6.45, 7) is 6.98. The van der Waals surface area contributed by atoms with Crippen LogP contribution < -0.4 is 10.6 Å². The summed E-state index contributed by atoms with van der Waals surface area (Å²) in [7, 11) is 0. The fourth-order valence-corrected chi connectivity index (χ4v) is 5.37. The largest absolute Gasteiger partial charge is 0.399 e. The molecule has 2 heterocycles. The highest BCUT2D eigenvalue weighted by Gasteiger charge is 2.44. The molecule has 0 fully saturated rings. The zero-order valence-corrected chi connectivity index (χ0v) is 16.8. The van der Waals surface area contributed by atoms with Gasteiger partial charge in [0, 0.05) is 35.3 Å². The van der Waals surface area contributed by atoms with Gasteiger partial charge < -0.3 is 10.6 Å². The number of nitrogen functional groups attached to an aromatic ring is 1. The monoisotopic (exact) mass is 368 g/mol. The number of hydrogen-bond acceptors (Lipinski definition) is 2. The summed E-state index contributed by atoms with van der Waals surface area (Å²) in [6.07, 6.45) is 2.24. The quantitative estimate of drug-likeness (QED) is 0.606. The molecule has 0 radical (unpaired) electrons. The van der Waals surface area contributed by atoms with Gasteiger partial charge in [-0.15, -0.1) is 0 Å². The lowest BCUT2D eigenvalue weighted by Gasteiger charge is -2.50. The van der Waals surface area contributed by atoms with Gasteiger partial charge in [-0.25, -0.2) is 0 Å². The van der Waals surface area contributed by atoms with Gasteiger partial charge in [-0.3, -0.25) is 0 Å². The highest BCUT2D eigenvalue weighted by atomic mass is 15.2. The van der Waals surface area contributed by atoms with Gasteiger partial charge in [0.2, 0.25) is 0 Å². The maximum absolute atomic E-state index is 6.51. The minimum Gasteiger partial charge on any atom is -0.399 e. The standard InChI is InChI=1S/C26H28N2/c1-25(19-9-5-3-6-10-19)13-15-28-16-14-26(2,20-11-7-4-8-12-20)23-18-21(27)17-22(25)24(23)28/h3-12,17-18H,13-16,27H2,1-2H3/t25-,26+. The predicted octanol–water partition coefficient (Wildman–Crippen LogP) is 5.49. The third-order valence-corrected chi connectivity index (χ3v) is 7.22. The maximum Gasteiger partial charge on any atom is 0.0450 e. The van der Waals surface area contributed by atoms with Crippen LogP contribution in [0.25, 0.3) is 0 Å². The van der Waals surface area contributed by atoms with Crippen molar-refractivity contribution in [2.45, 2.75) is 37.5 Å². The third-order valence-electron chi connectivity index (χ3n) is 7.22. The Balaban J connectivity index is 1.77. The van der Waals surface area contributed by atoms with E-state index in [9.17, 15) is 0 Å². The van der Waals surface area contributed by atoms with Gasteiger partial charge in [0.05, 0.1) is 0 Å². The van der Waals surface area contributed by atoms with Crippen molar-refractivity contribution in [3.05, 3.63) is 95.1 Å². The molecule has 0 saturated carbocycles. The number of hydrogen-bond donors (Lipinski definition) is 1. The Kier molecular flexibility index (Phi) is 3.80. The molecule has 0 aromatic heterocycles. The highest BCUT2D eigenvalue weighted by molar-refractivity contribution is 5.74. The van der Waals surface area contributed by atoms with Crippen molar-refractivity contribution in [3.63, 3.8) is 0 Å². The van der Waals surface area contributed by atoms with Crippen LogP contribution in [0.15, 0.2) is 72.8 Å². The molecule has 2 heteroatoms. The molecule has 5 rings (SSSR count). The molecule has 2 N–H and O–H groups in total. The minimum atomic E-state index is -0.00778. The summed E-state index contributed by atoms with van der Waals surface area (Å²) in [5.74, 6) is 0. The second kappa shape index (κ2) is 6.13. The average Bonchev–Trinajstić information content (AvgIpc) is 2.74. The molecule has 2 aliphatic rings. The lowest BCUT2D eigenvalue weighted by atomic mass is 9.64. The van der Waals surface area contributed by atoms with Crippen molar-refractivity contribution in [1.82, 2.24) is 0 Å². The lowest BCUT2D eigenvalue weighted by Crippen LogP contribution is -2.46. The van der Waals surface area contributed by atoms with Gasteiger partial charge in [0.15, 0.2) is 0 Å². The molecule has 3 aromatic carbocycles. The van der Waals surface area contributed by atoms with E-state index in [2.05, 4.69) is 91.5 Å². The summed E-state index contributed by atoms with van der Waals surface area (Å²) in [5, 5.41) is 0. The van der Waals surface area contributed by atoms with Crippen LogP contribution in [0.5, 0.6) is 0 Å². The smallest absolute Gasteiger partial charge is 0.0450 e. The summed E-state index contributed by atoms with van der Waals surface area (Å²) in [5.41, 5.74) is 14.3. The van der Waals surface area contributed by atoms with Crippen molar-refractivity contribution in [2.24, 2.45) is 0 Å². The number of anilines is 2. The first kappa shape index (κ1) is 17.4. The van der Waals surface area contributed by atoms with Gasteiger partial charge in [-0.2, -0.15) is 0 Å². The first-order valence-corrected chi connectivity index (χ1v) is 10.3. The van der Waals surface area contributed by atoms with Gasteiger partial charge in [-0.1, -0.05) is 74.5 Å². The number of nitrogens with two attached hydrogens (primary N) is 1. The molecule has 2 aliphatic heterocycles. The van der Waals surface area contributed by atoms with E-state index >= 15 is 0 Å². The Bertz CT molecular complexity index is 933. The second-order valence-electron chi connectivity index (χ2n) is 8.85. The van der Waals surface area contributed by atoms with Crippen molar-refractivity contribution in [3.8, 4) is 0 Å². The fraction of sp³-hybridized carbons (Fsp3) is 0.308. The summed E-state index contributed by atoms with van der Waals surface area (Å²) in [6, 6.07) is 26.3. The summed E-state index contributed by atoms with van der Waals surface area (Å²) in [4.78, 5) is 2.60. The molecule has 2 nitrogen and oxygen atoms in total.